The first kappa shape index (κ1) is 21.7. The average molecular weight is 457 g/mol. The minimum Gasteiger partial charge on any atom is -0.760 e. The fourth-order valence-corrected chi connectivity index (χ4v) is 6.31. The summed E-state index contributed by atoms with van der Waals surface area (Å²) in [4.78, 5) is 13.5. The smallest absolute Gasteiger partial charge is 0.311 e. The number of benzene rings is 1. The molecule has 1 aromatic carbocycles. The van der Waals surface area contributed by atoms with Crippen LogP contribution in [0, 0.1) is 9.74 Å². The van der Waals surface area contributed by atoms with E-state index in [0.717, 1.165) is 46.4 Å². The topological polar surface area (TPSA) is 69.7 Å². The van der Waals surface area contributed by atoms with E-state index in [1.54, 1.807) is 20.7 Å². The quantitative estimate of drug-likeness (QED) is 0.204. The van der Waals surface area contributed by atoms with Crippen molar-refractivity contribution in [1.29, 1.82) is 0 Å². The lowest BCUT2D eigenvalue weighted by molar-refractivity contribution is -0.135. The van der Waals surface area contributed by atoms with Crippen molar-refractivity contribution in [3.05, 3.63) is 34.2 Å². The molecule has 0 saturated carbocycles. The number of ether oxygens (including phenoxy) is 1. The molecule has 0 N–H and O–H groups in total. The molecule has 0 bridgehead atoms. The van der Waals surface area contributed by atoms with Gasteiger partial charge in [-0.3, -0.25) is 9.00 Å². The van der Waals surface area contributed by atoms with Crippen molar-refractivity contribution >= 4 is 50.1 Å². The molecule has 2 atom stereocenters. The minimum atomic E-state index is -2.15. The third-order valence-corrected chi connectivity index (χ3v) is 8.49. The second kappa shape index (κ2) is 10.7. The van der Waals surface area contributed by atoms with Crippen LogP contribution in [0.3, 0.4) is 0 Å². The first-order valence-electron chi connectivity index (χ1n) is 9.27. The molecule has 3 rings (SSSR count). The summed E-state index contributed by atoms with van der Waals surface area (Å²) >= 11 is 3.01. The summed E-state index contributed by atoms with van der Waals surface area (Å²) in [5.41, 5.74) is 1.06. The number of carbonyl (C=O) groups is 1. The van der Waals surface area contributed by atoms with Gasteiger partial charge in [0.1, 0.15) is 9.57 Å². The van der Waals surface area contributed by atoms with E-state index in [0.29, 0.717) is 25.3 Å². The molecule has 1 fully saturated rings. The summed E-state index contributed by atoms with van der Waals surface area (Å²) < 4.78 is 30.2. The summed E-state index contributed by atoms with van der Waals surface area (Å²) in [6.45, 7) is 1.09. The van der Waals surface area contributed by atoms with Crippen molar-refractivity contribution in [2.24, 2.45) is 5.92 Å². The van der Waals surface area contributed by atoms with Gasteiger partial charge in [0.25, 0.3) is 0 Å². The van der Waals surface area contributed by atoms with E-state index in [1.165, 1.54) is 4.31 Å². The third kappa shape index (κ3) is 6.53. The van der Waals surface area contributed by atoms with E-state index in [-0.39, 0.29) is 11.9 Å². The molecule has 9 heteroatoms. The number of hydrogen-bond donors (Lipinski definition) is 0. The molecule has 0 spiro atoms. The van der Waals surface area contributed by atoms with Crippen molar-refractivity contribution in [2.45, 2.75) is 38.5 Å². The summed E-state index contributed by atoms with van der Waals surface area (Å²) in [6.07, 6.45) is 4.66. The maximum absolute atomic E-state index is 12.4. The molecule has 1 aromatic heterocycles. The van der Waals surface area contributed by atoms with Gasteiger partial charge in [0.2, 0.25) is 0 Å². The average Bonchev–Trinajstić information content (AvgIpc) is 3.13. The van der Waals surface area contributed by atoms with Gasteiger partial charge in [0.15, 0.2) is 0 Å². The van der Waals surface area contributed by atoms with E-state index in [4.69, 9.17) is 17.0 Å². The molecular formula is C19H22NO4S4-. The van der Waals surface area contributed by atoms with Gasteiger partial charge in [0.05, 0.1) is 0 Å². The van der Waals surface area contributed by atoms with Crippen LogP contribution in [0.5, 0.6) is 5.75 Å². The largest absolute Gasteiger partial charge is 0.760 e. The lowest BCUT2D eigenvalue weighted by Crippen LogP contribution is -2.27. The molecule has 1 saturated heterocycles. The van der Waals surface area contributed by atoms with Gasteiger partial charge >= 0.3 is 5.97 Å². The van der Waals surface area contributed by atoms with Gasteiger partial charge in [-0.25, -0.2) is 4.31 Å². The van der Waals surface area contributed by atoms with Gasteiger partial charge in [-0.05, 0) is 67.5 Å². The Morgan fingerprint density at radius 2 is 1.89 bits per heavy atom. The molecule has 2 aromatic rings. The Balaban J connectivity index is 1.51. The molecule has 1 aliphatic rings. The Labute approximate surface area is 180 Å². The van der Waals surface area contributed by atoms with Crippen LogP contribution >= 0.6 is 32.9 Å². The maximum Gasteiger partial charge on any atom is 0.311 e. The zero-order chi connectivity index (χ0) is 19.9. The van der Waals surface area contributed by atoms with Gasteiger partial charge in [-0.2, -0.15) is 0 Å². The summed E-state index contributed by atoms with van der Waals surface area (Å²) in [5, 5.41) is 0. The molecular weight excluding hydrogens is 434 g/mol. The molecule has 0 amide bonds. The normalized spacial score (nSPS) is 20.0. The zero-order valence-corrected chi connectivity index (χ0v) is 18.6. The monoisotopic (exact) mass is 456 g/mol. The van der Waals surface area contributed by atoms with Gasteiger partial charge in [0, 0.05) is 35.7 Å². The van der Waals surface area contributed by atoms with Crippen molar-refractivity contribution in [1.82, 2.24) is 4.31 Å². The molecule has 2 heterocycles. The number of rotatable bonds is 5. The predicted octanol–water partition coefficient (Wildman–Crippen LogP) is 5.18. The Morgan fingerprint density at radius 1 is 1.18 bits per heavy atom. The Morgan fingerprint density at radius 3 is 2.57 bits per heavy atom. The summed E-state index contributed by atoms with van der Waals surface area (Å²) in [6, 6.07) is 9.48. The number of esters is 1. The molecule has 0 aliphatic carbocycles. The first-order valence-corrected chi connectivity index (χ1v) is 12.9. The van der Waals surface area contributed by atoms with Crippen LogP contribution in [0.25, 0.3) is 10.4 Å². The Bertz CT molecular complexity index is 861. The van der Waals surface area contributed by atoms with Crippen LogP contribution in [0.1, 0.15) is 38.5 Å². The van der Waals surface area contributed by atoms with Gasteiger partial charge in [-0.15, -0.1) is 0 Å². The maximum atomic E-state index is 12.4. The predicted molar refractivity (Wildman–Crippen MR) is 116 cm³/mol. The second-order valence-electron chi connectivity index (χ2n) is 6.85. The highest BCUT2D eigenvalue weighted by Gasteiger charge is 2.18. The number of hydrogen-bond acceptors (Lipinski definition) is 7. The number of carbonyl (C=O) groups excluding carboxylic acids is 1. The molecule has 28 heavy (non-hydrogen) atoms. The van der Waals surface area contributed by atoms with Crippen LogP contribution < -0.4 is 4.74 Å². The van der Waals surface area contributed by atoms with Crippen molar-refractivity contribution in [3.8, 4) is 16.2 Å². The molecule has 5 nitrogen and oxygen atoms in total. The fraction of sp³-hybridized carbons (Fsp3) is 0.474. The Kier molecular flexibility index (Phi) is 8.31. The standard InChI is InChI=1S/C19H23NO4S4/c21-18(12-14-4-1-2-10-20(28(22)23)11-3-5-14)24-16-8-6-15(7-9-16)17-13-19(25)27-26-17/h6-9,13-14H,1-5,10-12H2,(H,22,23)/p-1. The lowest BCUT2D eigenvalue weighted by Gasteiger charge is -2.23. The van der Waals surface area contributed by atoms with Crippen LogP contribution in [0.15, 0.2) is 30.3 Å². The van der Waals surface area contributed by atoms with Crippen LogP contribution in [-0.2, 0) is 16.1 Å². The van der Waals surface area contributed by atoms with E-state index < -0.39 is 11.3 Å². The van der Waals surface area contributed by atoms with Crippen molar-refractivity contribution in [2.75, 3.05) is 13.1 Å². The molecule has 1 aliphatic heterocycles. The first-order chi connectivity index (χ1) is 13.5. The summed E-state index contributed by atoms with van der Waals surface area (Å²) in [7, 11) is 3.21. The molecule has 152 valence electrons. The zero-order valence-electron chi connectivity index (χ0n) is 15.3. The van der Waals surface area contributed by atoms with Gasteiger partial charge in [-0.1, -0.05) is 39.3 Å². The van der Waals surface area contributed by atoms with Gasteiger partial charge < -0.3 is 9.29 Å². The Hall–Kier alpha value is -0.970. The lowest BCUT2D eigenvalue weighted by atomic mass is 9.94. The van der Waals surface area contributed by atoms with E-state index in [2.05, 4.69) is 0 Å². The van der Waals surface area contributed by atoms with E-state index in [9.17, 15) is 13.6 Å². The van der Waals surface area contributed by atoms with Crippen LogP contribution in [0.2, 0.25) is 0 Å². The third-order valence-electron chi connectivity index (χ3n) is 4.79. The highest BCUT2D eigenvalue weighted by molar-refractivity contribution is 7.80. The SMILES string of the molecule is O=C(CC1CCCCN(S(=O)[O-])CCC1)Oc1ccc(-c2cc(=S)ss2)cc1. The molecule has 0 radical (unpaired) electrons. The van der Waals surface area contributed by atoms with Crippen molar-refractivity contribution in [3.63, 3.8) is 0 Å². The molecule has 2 unspecified atom stereocenters. The minimum absolute atomic E-state index is 0.229. The van der Waals surface area contributed by atoms with Crippen molar-refractivity contribution < 1.29 is 18.3 Å². The van der Waals surface area contributed by atoms with Crippen LogP contribution in [-0.4, -0.2) is 32.1 Å². The summed E-state index contributed by atoms with van der Waals surface area (Å²) in [5.74, 6) is 0.556. The number of nitrogens with zero attached hydrogens (tertiary/aromatic N) is 1. The van der Waals surface area contributed by atoms with E-state index in [1.807, 2.05) is 30.3 Å². The fourth-order valence-electron chi connectivity index (χ4n) is 3.36. The second-order valence-corrected chi connectivity index (χ2v) is 10.7. The highest BCUT2D eigenvalue weighted by atomic mass is 32.9. The van der Waals surface area contributed by atoms with Crippen LogP contribution in [0.4, 0.5) is 0 Å². The van der Waals surface area contributed by atoms with E-state index >= 15 is 0 Å². The highest BCUT2D eigenvalue weighted by Crippen LogP contribution is 2.30.